The van der Waals surface area contributed by atoms with E-state index < -0.39 is 0 Å². The lowest BCUT2D eigenvalue weighted by Crippen LogP contribution is -2.28. The van der Waals surface area contributed by atoms with Gasteiger partial charge in [0.2, 0.25) is 0 Å². The highest BCUT2D eigenvalue weighted by molar-refractivity contribution is 5.95. The van der Waals surface area contributed by atoms with Gasteiger partial charge in [-0.3, -0.25) is 0 Å². The Balaban J connectivity index is 1.42. The highest BCUT2D eigenvalue weighted by Crippen LogP contribution is 2.48. The van der Waals surface area contributed by atoms with Crippen LogP contribution in [0.4, 0.5) is 22.7 Å². The fourth-order valence-electron chi connectivity index (χ4n) is 4.80. The fourth-order valence-corrected chi connectivity index (χ4v) is 4.80. The number of hydrogen-bond acceptors (Lipinski definition) is 2. The Morgan fingerprint density at radius 2 is 1.50 bits per heavy atom. The van der Waals surface area contributed by atoms with Crippen molar-refractivity contribution in [1.29, 1.82) is 0 Å². The number of nitrogens with one attached hydrogen (secondary N) is 1. The number of fused-ring (bicyclic) bond motifs is 4. The van der Waals surface area contributed by atoms with Crippen LogP contribution in [-0.2, 0) is 0 Å². The van der Waals surface area contributed by atoms with E-state index in [1.807, 2.05) is 0 Å². The van der Waals surface area contributed by atoms with E-state index in [0.29, 0.717) is 12.0 Å². The number of anilines is 4. The van der Waals surface area contributed by atoms with Crippen LogP contribution >= 0.6 is 0 Å². The molecule has 2 unspecified atom stereocenters. The zero-order valence-electron chi connectivity index (χ0n) is 16.6. The zero-order chi connectivity index (χ0) is 19.9. The standard InChI is InChI=1S/C28H22N2/c1-2-11-22(12-3-1)30-27-16-7-6-14-24(27)25-19-21(17-18-28(25)30)29-26-15-8-10-20-9-4-5-13-23(20)26/h1-19,24,27,29H. The summed E-state index contributed by atoms with van der Waals surface area (Å²) in [5.74, 6) is 0.361. The largest absolute Gasteiger partial charge is 0.355 e. The van der Waals surface area contributed by atoms with Crippen LogP contribution in [-0.4, -0.2) is 6.04 Å². The third-order valence-corrected chi connectivity index (χ3v) is 6.15. The second-order valence-electron chi connectivity index (χ2n) is 7.92. The molecule has 0 aromatic heterocycles. The molecule has 0 radical (unpaired) electrons. The van der Waals surface area contributed by atoms with Gasteiger partial charge in [-0.05, 0) is 47.3 Å². The average Bonchev–Trinajstić information content (AvgIpc) is 3.14. The van der Waals surface area contributed by atoms with Crippen molar-refractivity contribution in [2.24, 2.45) is 0 Å². The molecule has 0 amide bonds. The predicted molar refractivity (Wildman–Crippen MR) is 127 cm³/mol. The molecule has 4 aromatic carbocycles. The van der Waals surface area contributed by atoms with Gasteiger partial charge in [0.25, 0.3) is 0 Å². The van der Waals surface area contributed by atoms with E-state index in [2.05, 4.69) is 126 Å². The minimum atomic E-state index is 0.320. The second kappa shape index (κ2) is 6.93. The van der Waals surface area contributed by atoms with Crippen molar-refractivity contribution in [2.75, 3.05) is 10.2 Å². The van der Waals surface area contributed by atoms with E-state index in [9.17, 15) is 0 Å². The Kier molecular flexibility index (Phi) is 3.95. The van der Waals surface area contributed by atoms with Crippen LogP contribution in [0.5, 0.6) is 0 Å². The molecule has 1 heterocycles. The number of hydrogen-bond donors (Lipinski definition) is 1. The van der Waals surface area contributed by atoms with Crippen molar-refractivity contribution in [3.63, 3.8) is 0 Å². The molecule has 30 heavy (non-hydrogen) atoms. The highest BCUT2D eigenvalue weighted by Gasteiger charge is 2.37. The van der Waals surface area contributed by atoms with Crippen LogP contribution in [0.1, 0.15) is 11.5 Å². The summed E-state index contributed by atoms with van der Waals surface area (Å²) in [4.78, 5) is 2.46. The van der Waals surface area contributed by atoms with Crippen LogP contribution in [0.3, 0.4) is 0 Å². The van der Waals surface area contributed by atoms with Gasteiger partial charge in [-0.25, -0.2) is 0 Å². The number of allylic oxidation sites excluding steroid dienone is 2. The lowest BCUT2D eigenvalue weighted by Gasteiger charge is -2.28. The molecule has 2 aliphatic rings. The molecule has 0 spiro atoms. The Labute approximate surface area is 176 Å². The van der Waals surface area contributed by atoms with Gasteiger partial charge < -0.3 is 10.2 Å². The van der Waals surface area contributed by atoms with E-state index >= 15 is 0 Å². The van der Waals surface area contributed by atoms with Crippen LogP contribution in [0, 0.1) is 0 Å². The molecule has 2 atom stereocenters. The normalized spacial score (nSPS) is 19.0. The lowest BCUT2D eigenvalue weighted by atomic mass is 9.91. The maximum Gasteiger partial charge on any atom is 0.0629 e. The molecule has 2 nitrogen and oxygen atoms in total. The predicted octanol–water partition coefficient (Wildman–Crippen LogP) is 7.31. The zero-order valence-corrected chi connectivity index (χ0v) is 16.6. The van der Waals surface area contributed by atoms with Crippen LogP contribution < -0.4 is 10.2 Å². The lowest BCUT2D eigenvalue weighted by molar-refractivity contribution is 0.745. The van der Waals surface area contributed by atoms with Gasteiger partial charge in [-0.2, -0.15) is 0 Å². The number of para-hydroxylation sites is 1. The molecule has 1 aliphatic carbocycles. The summed E-state index contributed by atoms with van der Waals surface area (Å²) in [7, 11) is 0. The molecule has 1 N–H and O–H groups in total. The smallest absolute Gasteiger partial charge is 0.0629 e. The van der Waals surface area contributed by atoms with Crippen molar-refractivity contribution in [2.45, 2.75) is 12.0 Å². The second-order valence-corrected chi connectivity index (χ2v) is 7.92. The van der Waals surface area contributed by atoms with E-state index in [4.69, 9.17) is 0 Å². The summed E-state index contributed by atoms with van der Waals surface area (Å²) < 4.78 is 0. The molecule has 0 bridgehead atoms. The number of benzene rings is 4. The summed E-state index contributed by atoms with van der Waals surface area (Å²) in [6, 6.07) is 32.7. The SMILES string of the molecule is C1=CC2c3cc(Nc4cccc5ccccc45)ccc3N(c3ccccc3)C2C=C1. The first-order valence-electron chi connectivity index (χ1n) is 10.5. The van der Waals surface area contributed by atoms with Crippen molar-refractivity contribution in [1.82, 2.24) is 0 Å². The molecular formula is C28H22N2. The quantitative estimate of drug-likeness (QED) is 0.397. The molecular weight excluding hydrogens is 364 g/mol. The summed E-state index contributed by atoms with van der Waals surface area (Å²) in [5, 5.41) is 6.16. The van der Waals surface area contributed by atoms with Crippen LogP contribution in [0.25, 0.3) is 10.8 Å². The molecule has 144 valence electrons. The average molecular weight is 386 g/mol. The summed E-state index contributed by atoms with van der Waals surface area (Å²) in [6.07, 6.45) is 8.98. The summed E-state index contributed by atoms with van der Waals surface area (Å²) in [5.41, 5.74) is 6.16. The van der Waals surface area contributed by atoms with Gasteiger partial charge in [0.15, 0.2) is 0 Å². The van der Waals surface area contributed by atoms with Gasteiger partial charge in [0.1, 0.15) is 0 Å². The summed E-state index contributed by atoms with van der Waals surface area (Å²) >= 11 is 0. The monoisotopic (exact) mass is 386 g/mol. The van der Waals surface area contributed by atoms with E-state index in [0.717, 1.165) is 11.4 Å². The van der Waals surface area contributed by atoms with E-state index in [1.54, 1.807) is 0 Å². The van der Waals surface area contributed by atoms with Gasteiger partial charge in [-0.15, -0.1) is 0 Å². The molecule has 0 fully saturated rings. The van der Waals surface area contributed by atoms with E-state index in [1.165, 1.54) is 27.7 Å². The maximum atomic E-state index is 3.67. The Bertz CT molecular complexity index is 1280. The topological polar surface area (TPSA) is 15.3 Å². The Morgan fingerprint density at radius 3 is 2.43 bits per heavy atom. The van der Waals surface area contributed by atoms with Crippen LogP contribution in [0.2, 0.25) is 0 Å². The number of nitrogens with zero attached hydrogens (tertiary/aromatic N) is 1. The maximum absolute atomic E-state index is 3.67. The van der Waals surface area contributed by atoms with Crippen molar-refractivity contribution < 1.29 is 0 Å². The Morgan fingerprint density at radius 1 is 0.700 bits per heavy atom. The Hall–Kier alpha value is -3.78. The van der Waals surface area contributed by atoms with Gasteiger partial charge in [0, 0.05) is 34.1 Å². The first-order chi connectivity index (χ1) is 14.9. The van der Waals surface area contributed by atoms with Gasteiger partial charge in [-0.1, -0.05) is 78.9 Å². The minimum Gasteiger partial charge on any atom is -0.355 e. The number of rotatable bonds is 3. The summed E-state index contributed by atoms with van der Waals surface area (Å²) in [6.45, 7) is 0. The van der Waals surface area contributed by atoms with Gasteiger partial charge in [0.05, 0.1) is 6.04 Å². The fraction of sp³-hybridized carbons (Fsp3) is 0.0714. The minimum absolute atomic E-state index is 0.320. The van der Waals surface area contributed by atoms with Crippen molar-refractivity contribution >= 4 is 33.5 Å². The van der Waals surface area contributed by atoms with Crippen molar-refractivity contribution in [3.05, 3.63) is 121 Å². The molecule has 6 rings (SSSR count). The molecule has 2 heteroatoms. The van der Waals surface area contributed by atoms with Gasteiger partial charge >= 0.3 is 0 Å². The van der Waals surface area contributed by atoms with Crippen LogP contribution in [0.15, 0.2) is 115 Å². The third-order valence-electron chi connectivity index (χ3n) is 6.15. The molecule has 1 aliphatic heterocycles. The molecule has 0 saturated carbocycles. The van der Waals surface area contributed by atoms with Crippen molar-refractivity contribution in [3.8, 4) is 0 Å². The van der Waals surface area contributed by atoms with E-state index in [-0.39, 0.29) is 0 Å². The highest BCUT2D eigenvalue weighted by atomic mass is 15.2. The first kappa shape index (κ1) is 17.1. The third kappa shape index (κ3) is 2.73. The molecule has 0 saturated heterocycles. The molecule has 4 aromatic rings. The first-order valence-corrected chi connectivity index (χ1v) is 10.5.